The maximum atomic E-state index is 13.2. The summed E-state index contributed by atoms with van der Waals surface area (Å²) in [7, 11) is -4.02. The van der Waals surface area contributed by atoms with Crippen LogP contribution in [-0.4, -0.2) is 50.8 Å². The van der Waals surface area contributed by atoms with Gasteiger partial charge in [0.2, 0.25) is 0 Å². The van der Waals surface area contributed by atoms with Gasteiger partial charge in [0.15, 0.2) is 0 Å². The van der Waals surface area contributed by atoms with Gasteiger partial charge in [-0.15, -0.1) is 0 Å². The van der Waals surface area contributed by atoms with E-state index < -0.39 is 10.1 Å². The molecule has 6 aliphatic rings. The molecular formula is C60H60ClF2N7O5S. The van der Waals surface area contributed by atoms with Crippen LogP contribution < -0.4 is 16.0 Å². The lowest BCUT2D eigenvalue weighted by atomic mass is 9.58. The highest BCUT2D eigenvalue weighted by atomic mass is 35.5. The SMILES string of the molecule is Cc1ccc(S(=O)(=O)O)cc1.Cc1nccc(C2c3ccc(C4(NC(=O)c5ccc(F)cc5)CC4)cc3CC3CCC32)n1.Cc1nccc(Cl)n1.O=C(NC1(c2ccc3c(c2)CC2CCC2N3)CC1)c1ccc(F)cc1. The van der Waals surface area contributed by atoms with E-state index in [-0.39, 0.29) is 39.4 Å². The quantitative estimate of drug-likeness (QED) is 0.0846. The fourth-order valence-corrected chi connectivity index (χ4v) is 11.7. The van der Waals surface area contributed by atoms with Crippen molar-refractivity contribution in [3.63, 3.8) is 0 Å². The molecule has 0 saturated heterocycles. The predicted octanol–water partition coefficient (Wildman–Crippen LogP) is 11.7. The Morgan fingerprint density at radius 3 is 1.67 bits per heavy atom. The van der Waals surface area contributed by atoms with Gasteiger partial charge < -0.3 is 16.0 Å². The Morgan fingerprint density at radius 1 is 0.645 bits per heavy atom. The highest BCUT2D eigenvalue weighted by Gasteiger charge is 2.49. The number of carbonyl (C=O) groups is 2. The van der Waals surface area contributed by atoms with E-state index in [1.165, 1.54) is 108 Å². The molecule has 1 aliphatic heterocycles. The van der Waals surface area contributed by atoms with Crippen LogP contribution in [0.1, 0.15) is 129 Å². The van der Waals surface area contributed by atoms with Gasteiger partial charge in [0, 0.05) is 41.2 Å². The number of hydrogen-bond acceptors (Lipinski definition) is 9. The molecule has 13 rings (SSSR count). The van der Waals surface area contributed by atoms with Gasteiger partial charge in [0.1, 0.15) is 28.4 Å². The number of nitrogens with zero attached hydrogens (tertiary/aromatic N) is 4. The first-order valence-electron chi connectivity index (χ1n) is 25.9. The molecule has 5 aromatic carbocycles. The van der Waals surface area contributed by atoms with Crippen molar-refractivity contribution < 1.29 is 31.3 Å². The molecule has 4 saturated carbocycles. The summed E-state index contributed by atoms with van der Waals surface area (Å²) in [5, 5.41) is 10.5. The molecule has 76 heavy (non-hydrogen) atoms. The Morgan fingerprint density at radius 2 is 1.18 bits per heavy atom. The molecule has 392 valence electrons. The summed E-state index contributed by atoms with van der Waals surface area (Å²) >= 11 is 5.49. The van der Waals surface area contributed by atoms with E-state index in [2.05, 4.69) is 73.4 Å². The smallest absolute Gasteiger partial charge is 0.294 e. The average Bonchev–Trinajstić information content (AvgIpc) is 4.36. The topological polar surface area (TPSA) is 176 Å². The van der Waals surface area contributed by atoms with Gasteiger partial charge in [-0.3, -0.25) is 14.1 Å². The molecule has 4 fully saturated rings. The summed E-state index contributed by atoms with van der Waals surface area (Å²) in [4.78, 5) is 42.0. The van der Waals surface area contributed by atoms with Gasteiger partial charge in [-0.2, -0.15) is 8.42 Å². The number of aromatic nitrogens is 4. The monoisotopic (exact) mass is 1060 g/mol. The van der Waals surface area contributed by atoms with Crippen molar-refractivity contribution >= 4 is 39.2 Å². The van der Waals surface area contributed by atoms with Crippen molar-refractivity contribution in [1.82, 2.24) is 30.6 Å². The van der Waals surface area contributed by atoms with Crippen LogP contribution in [0.25, 0.3) is 0 Å². The molecule has 5 unspecified atom stereocenters. The number of halogens is 3. The predicted molar refractivity (Wildman–Crippen MR) is 288 cm³/mol. The van der Waals surface area contributed by atoms with Crippen LogP contribution in [0.4, 0.5) is 14.5 Å². The molecule has 16 heteroatoms. The van der Waals surface area contributed by atoms with Crippen molar-refractivity contribution in [1.29, 1.82) is 0 Å². The van der Waals surface area contributed by atoms with Crippen molar-refractivity contribution in [2.75, 3.05) is 5.32 Å². The molecule has 0 radical (unpaired) electrons. The standard InChI is InChI=1S/C27H26FN3O.C21H21FN2O.C7H8O3S.C5H5ClN2/c1-16-29-13-10-24(30-16)25-22-8-4-18(22)14-19-15-20(5-9-23(19)25)27(11-12-27)31-26(32)17-2-6-21(28)7-3-17;22-17-5-1-13(2-6-17)20(25)24-21(9-10-21)16-4-8-19-15(12-16)11-14-3-7-18(14)23-19;1-6-2-4-7(5-3-6)11(8,9)10;1-4-7-3-2-5(6)8-4/h2-3,5-7,9-10,13,15,18,22,25H,4,8,11-12,14H2,1H3,(H,31,32);1-2,4-6,8,12,14,18,23H,3,7,9-11H2,(H,24,25);2-5H,1H3,(H,8,9,10);2-3H,1H3. The second kappa shape index (κ2) is 21.6. The largest absolute Gasteiger partial charge is 0.382 e. The maximum Gasteiger partial charge on any atom is 0.294 e. The first-order chi connectivity index (χ1) is 36.4. The van der Waals surface area contributed by atoms with E-state index in [1.807, 2.05) is 20.0 Å². The second-order valence-corrected chi connectivity index (χ2v) is 22.9. The molecule has 0 spiro atoms. The Balaban J connectivity index is 0.000000131. The van der Waals surface area contributed by atoms with Gasteiger partial charge in [-0.1, -0.05) is 59.6 Å². The number of benzene rings is 5. The van der Waals surface area contributed by atoms with Crippen LogP contribution in [-0.2, 0) is 34.0 Å². The van der Waals surface area contributed by atoms with Crippen molar-refractivity contribution in [3.05, 3.63) is 212 Å². The minimum atomic E-state index is -4.02. The van der Waals surface area contributed by atoms with E-state index in [0.29, 0.717) is 45.9 Å². The number of anilines is 1. The Labute approximate surface area is 447 Å². The molecule has 0 bridgehead atoms. The zero-order chi connectivity index (χ0) is 53.4. The minimum absolute atomic E-state index is 0.0666. The number of amides is 2. The molecule has 5 atom stereocenters. The van der Waals surface area contributed by atoms with Crippen molar-refractivity contribution in [2.24, 2.45) is 17.8 Å². The Bertz CT molecular complexity index is 3380. The lowest BCUT2D eigenvalue weighted by molar-refractivity contribution is 0.0922. The summed E-state index contributed by atoms with van der Waals surface area (Å²) in [5.41, 5.74) is 10.3. The van der Waals surface area contributed by atoms with Crippen molar-refractivity contribution in [2.45, 2.75) is 113 Å². The van der Waals surface area contributed by atoms with Crippen molar-refractivity contribution in [3.8, 4) is 0 Å². The van der Waals surface area contributed by atoms with Gasteiger partial charge in [-0.05, 0) is 209 Å². The first kappa shape index (κ1) is 52.5. The van der Waals surface area contributed by atoms with Crippen LogP contribution in [0.15, 0.2) is 139 Å². The molecule has 7 aromatic rings. The summed E-state index contributed by atoms with van der Waals surface area (Å²) in [5.74, 6) is 3.07. The first-order valence-corrected chi connectivity index (χ1v) is 27.7. The van der Waals surface area contributed by atoms with Crippen LogP contribution in [0.5, 0.6) is 0 Å². The Kier molecular flexibility index (Phi) is 14.9. The van der Waals surface area contributed by atoms with Gasteiger partial charge in [0.25, 0.3) is 21.9 Å². The number of fused-ring (bicyclic) bond motifs is 4. The zero-order valence-corrected chi connectivity index (χ0v) is 44.1. The Hall–Kier alpha value is -6.94. The zero-order valence-electron chi connectivity index (χ0n) is 42.6. The third-order valence-corrected chi connectivity index (χ3v) is 17.0. The second-order valence-electron chi connectivity index (χ2n) is 21.1. The van der Waals surface area contributed by atoms with Crippen LogP contribution in [0.3, 0.4) is 0 Å². The molecule has 5 aliphatic carbocycles. The van der Waals surface area contributed by atoms with E-state index in [1.54, 1.807) is 43.5 Å². The fraction of sp³-hybridized carbons (Fsp3) is 0.333. The summed E-state index contributed by atoms with van der Waals surface area (Å²) in [6.07, 6.45) is 14.7. The third kappa shape index (κ3) is 11.9. The van der Waals surface area contributed by atoms with E-state index in [4.69, 9.17) is 21.1 Å². The van der Waals surface area contributed by atoms with Gasteiger partial charge in [-0.25, -0.2) is 28.7 Å². The lowest BCUT2D eigenvalue weighted by Gasteiger charge is -2.47. The summed E-state index contributed by atoms with van der Waals surface area (Å²) in [6.45, 7) is 5.59. The minimum Gasteiger partial charge on any atom is -0.382 e. The average molecular weight is 1060 g/mol. The third-order valence-electron chi connectivity index (χ3n) is 15.9. The fourth-order valence-electron chi connectivity index (χ4n) is 11.0. The number of hydrogen-bond donors (Lipinski definition) is 4. The van der Waals surface area contributed by atoms with Gasteiger partial charge in [0.05, 0.1) is 21.7 Å². The summed E-state index contributed by atoms with van der Waals surface area (Å²) < 4.78 is 55.8. The van der Waals surface area contributed by atoms with Crippen LogP contribution >= 0.6 is 11.6 Å². The molecule has 12 nitrogen and oxygen atoms in total. The van der Waals surface area contributed by atoms with E-state index >= 15 is 0 Å². The maximum absolute atomic E-state index is 13.2. The highest BCUT2D eigenvalue weighted by Crippen LogP contribution is 2.55. The number of nitrogens with one attached hydrogen (secondary N) is 3. The van der Waals surface area contributed by atoms with E-state index in [0.717, 1.165) is 61.5 Å². The number of rotatable bonds is 8. The number of aryl methyl sites for hydroxylation is 3. The van der Waals surface area contributed by atoms with Crippen LogP contribution in [0.2, 0.25) is 5.15 Å². The molecule has 3 heterocycles. The number of carbonyl (C=O) groups excluding carboxylic acids is 2. The molecule has 2 aromatic heterocycles. The van der Waals surface area contributed by atoms with Gasteiger partial charge >= 0.3 is 0 Å². The van der Waals surface area contributed by atoms with E-state index in [9.17, 15) is 26.8 Å². The normalized spacial score (nSPS) is 21.2. The highest BCUT2D eigenvalue weighted by molar-refractivity contribution is 7.85. The molecular weight excluding hydrogens is 1000 g/mol. The molecule has 2 amide bonds. The summed E-state index contributed by atoms with van der Waals surface area (Å²) in [6, 6.07) is 35.2. The van der Waals surface area contributed by atoms with Crippen LogP contribution in [0, 0.1) is 50.2 Å². The molecule has 4 N–H and O–H groups in total. The lowest BCUT2D eigenvalue weighted by Crippen LogP contribution is -2.43.